The van der Waals surface area contributed by atoms with Crippen molar-refractivity contribution in [1.82, 2.24) is 15.1 Å². The molecular weight excluding hydrogens is 440 g/mol. The Labute approximate surface area is 171 Å². The lowest BCUT2D eigenvalue weighted by Gasteiger charge is -2.11. The lowest BCUT2D eigenvalue weighted by molar-refractivity contribution is -0.193. The number of carbonyl (C=O) groups is 2. The van der Waals surface area contributed by atoms with E-state index in [0.717, 1.165) is 30.0 Å². The van der Waals surface area contributed by atoms with Gasteiger partial charge in [0.05, 0.1) is 6.20 Å². The van der Waals surface area contributed by atoms with E-state index in [-0.39, 0.29) is 0 Å². The van der Waals surface area contributed by atoms with Gasteiger partial charge in [0.25, 0.3) is 0 Å². The molecule has 172 valence electrons. The smallest absolute Gasteiger partial charge is 0.490 e. The Bertz CT molecular complexity index is 871. The molecule has 0 unspecified atom stereocenters. The first-order chi connectivity index (χ1) is 14.2. The van der Waals surface area contributed by atoms with E-state index in [1.807, 2.05) is 24.1 Å². The molecule has 0 saturated heterocycles. The first-order valence-corrected chi connectivity index (χ1v) is 8.28. The van der Waals surface area contributed by atoms with Crippen LogP contribution < -0.4 is 10.1 Å². The maximum absolute atomic E-state index is 10.6. The fourth-order valence-corrected chi connectivity index (χ4v) is 2.13. The van der Waals surface area contributed by atoms with E-state index in [2.05, 4.69) is 28.6 Å². The monoisotopic (exact) mass is 457 g/mol. The van der Waals surface area contributed by atoms with Crippen molar-refractivity contribution in [2.75, 3.05) is 13.2 Å². The number of carboxylic acids is 2. The van der Waals surface area contributed by atoms with Crippen molar-refractivity contribution < 1.29 is 50.9 Å². The quantitative estimate of drug-likeness (QED) is 0.565. The van der Waals surface area contributed by atoms with Crippen molar-refractivity contribution in [2.45, 2.75) is 18.9 Å². The summed E-state index contributed by atoms with van der Waals surface area (Å²) in [6, 6.07) is 6.26. The first-order valence-electron chi connectivity index (χ1n) is 8.28. The van der Waals surface area contributed by atoms with Gasteiger partial charge >= 0.3 is 24.3 Å². The molecule has 0 aliphatic carbocycles. The van der Waals surface area contributed by atoms with Gasteiger partial charge in [-0.2, -0.15) is 31.4 Å². The van der Waals surface area contributed by atoms with Crippen LogP contribution in [-0.2, 0) is 23.2 Å². The number of alkyl halides is 6. The second kappa shape index (κ2) is 10.7. The lowest BCUT2D eigenvalue weighted by atomic mass is 10.0. The number of hydrogen-bond acceptors (Lipinski definition) is 5. The summed E-state index contributed by atoms with van der Waals surface area (Å²) in [4.78, 5) is 17.8. The number of aryl methyl sites for hydroxylation is 1. The lowest BCUT2D eigenvalue weighted by Crippen LogP contribution is -2.21. The minimum atomic E-state index is -5.08. The van der Waals surface area contributed by atoms with Gasteiger partial charge in [-0.05, 0) is 0 Å². The molecule has 1 aromatic carbocycles. The van der Waals surface area contributed by atoms with Gasteiger partial charge in [0.1, 0.15) is 12.4 Å². The largest absolute Gasteiger partial charge is 0.491 e. The Morgan fingerprint density at radius 3 is 2.10 bits per heavy atom. The Kier molecular flexibility index (Phi) is 8.85. The fourth-order valence-electron chi connectivity index (χ4n) is 2.13. The molecule has 31 heavy (non-hydrogen) atoms. The molecule has 2 aromatic rings. The van der Waals surface area contributed by atoms with Gasteiger partial charge in [0.15, 0.2) is 0 Å². The zero-order chi connectivity index (χ0) is 23.8. The summed E-state index contributed by atoms with van der Waals surface area (Å²) < 4.78 is 71.1. The minimum Gasteiger partial charge on any atom is -0.491 e. The molecule has 2 heterocycles. The van der Waals surface area contributed by atoms with Crippen molar-refractivity contribution >= 4 is 11.9 Å². The van der Waals surface area contributed by atoms with E-state index in [0.29, 0.717) is 6.61 Å². The number of nitrogens with one attached hydrogen (secondary N) is 1. The summed E-state index contributed by atoms with van der Waals surface area (Å²) in [7, 11) is 1.92. The normalized spacial score (nSPS) is 13.3. The average Bonchev–Trinajstić information content (AvgIpc) is 2.93. The van der Waals surface area contributed by atoms with Gasteiger partial charge in [-0.25, -0.2) is 9.59 Å². The van der Waals surface area contributed by atoms with Crippen LogP contribution in [0.15, 0.2) is 30.6 Å². The summed E-state index contributed by atoms with van der Waals surface area (Å²) in [5, 5.41) is 21.8. The molecule has 1 aliphatic heterocycles. The fraction of sp³-hybridized carbons (Fsp3) is 0.353. The summed E-state index contributed by atoms with van der Waals surface area (Å²) in [5.41, 5.74) is 3.44. The predicted molar refractivity (Wildman–Crippen MR) is 93.2 cm³/mol. The van der Waals surface area contributed by atoms with E-state index in [1.165, 1.54) is 5.56 Å². The number of aliphatic carboxylic acids is 2. The molecule has 0 radical (unpaired) electrons. The number of aromatic nitrogens is 2. The molecule has 1 aromatic heterocycles. The maximum Gasteiger partial charge on any atom is 0.490 e. The number of hydrogen-bond donors (Lipinski definition) is 3. The van der Waals surface area contributed by atoms with Crippen LogP contribution in [0, 0.1) is 0 Å². The van der Waals surface area contributed by atoms with E-state index in [1.54, 1.807) is 0 Å². The average molecular weight is 457 g/mol. The van der Waals surface area contributed by atoms with Crippen LogP contribution in [0.1, 0.15) is 5.56 Å². The van der Waals surface area contributed by atoms with Crippen molar-refractivity contribution in [1.29, 1.82) is 0 Å². The van der Waals surface area contributed by atoms with Crippen molar-refractivity contribution in [3.63, 3.8) is 0 Å². The molecule has 0 atom stereocenters. The van der Waals surface area contributed by atoms with E-state index < -0.39 is 24.3 Å². The number of benzene rings is 1. The highest BCUT2D eigenvalue weighted by Gasteiger charge is 2.38. The Morgan fingerprint density at radius 1 is 1.10 bits per heavy atom. The second-order valence-electron chi connectivity index (χ2n) is 5.83. The topological polar surface area (TPSA) is 114 Å². The molecule has 3 N–H and O–H groups in total. The summed E-state index contributed by atoms with van der Waals surface area (Å²) in [6.07, 6.45) is -6.28. The third-order valence-electron chi connectivity index (χ3n) is 3.44. The Balaban J connectivity index is 0.000000288. The van der Waals surface area contributed by atoms with Gasteiger partial charge in [-0.3, -0.25) is 4.68 Å². The molecule has 0 amide bonds. The summed E-state index contributed by atoms with van der Waals surface area (Å²) in [6.45, 7) is 2.47. The minimum absolute atomic E-state index is 0.713. The van der Waals surface area contributed by atoms with Crippen LogP contribution in [0.2, 0.25) is 0 Å². The molecule has 0 bridgehead atoms. The van der Waals surface area contributed by atoms with Gasteiger partial charge in [-0.15, -0.1) is 0 Å². The van der Waals surface area contributed by atoms with Crippen LogP contribution in [0.3, 0.4) is 0 Å². The van der Waals surface area contributed by atoms with Crippen LogP contribution in [0.4, 0.5) is 26.3 Å². The Morgan fingerprint density at radius 2 is 1.65 bits per heavy atom. The number of fused-ring (bicyclic) bond motifs is 1. The van der Waals surface area contributed by atoms with Crippen LogP contribution >= 0.6 is 0 Å². The maximum atomic E-state index is 10.6. The predicted octanol–water partition coefficient (Wildman–Crippen LogP) is 2.84. The third-order valence-corrected chi connectivity index (χ3v) is 3.44. The molecule has 0 fully saturated rings. The number of carboxylic acid groups (broad SMARTS) is 2. The van der Waals surface area contributed by atoms with E-state index in [9.17, 15) is 26.3 Å². The second-order valence-corrected chi connectivity index (χ2v) is 5.83. The first kappa shape index (κ1) is 25.7. The van der Waals surface area contributed by atoms with E-state index >= 15 is 0 Å². The molecular formula is C17H17F6N3O5. The zero-order valence-electron chi connectivity index (χ0n) is 15.8. The number of nitrogens with zero attached hydrogens (tertiary/aromatic N) is 2. The van der Waals surface area contributed by atoms with Gasteiger partial charge in [0.2, 0.25) is 0 Å². The number of halogens is 6. The molecule has 8 nitrogen and oxygen atoms in total. The molecule has 3 rings (SSSR count). The molecule has 0 saturated carbocycles. The molecule has 14 heteroatoms. The van der Waals surface area contributed by atoms with Crippen LogP contribution in [0.25, 0.3) is 11.1 Å². The third kappa shape index (κ3) is 8.54. The molecule has 1 aliphatic rings. The van der Waals surface area contributed by atoms with Crippen molar-refractivity contribution in [2.24, 2.45) is 7.05 Å². The van der Waals surface area contributed by atoms with Gasteiger partial charge < -0.3 is 20.3 Å². The highest BCUT2D eigenvalue weighted by Crippen LogP contribution is 2.33. The van der Waals surface area contributed by atoms with E-state index in [4.69, 9.17) is 24.5 Å². The highest BCUT2D eigenvalue weighted by atomic mass is 19.4. The molecule has 0 spiro atoms. The summed E-state index contributed by atoms with van der Waals surface area (Å²) >= 11 is 0. The SMILES string of the molecule is Cn1cc(-c2cccc3c2OCCNC3)cn1.O=C(O)C(F)(F)F.O=C(O)C(F)(F)F. The van der Waals surface area contributed by atoms with Crippen LogP contribution in [-0.4, -0.2) is 57.4 Å². The standard InChI is InChI=1S/C13H15N3O.2C2HF3O2/c1-16-9-11(8-15-16)12-4-2-3-10-7-14-5-6-17-13(10)12;2*3-2(4,5)1(6)7/h2-4,8-9,14H,5-7H2,1H3;2*(H,6,7). The summed E-state index contributed by atoms with van der Waals surface area (Å²) in [5.74, 6) is -4.52. The van der Waals surface area contributed by atoms with Crippen LogP contribution in [0.5, 0.6) is 5.75 Å². The Hall–Kier alpha value is -3.29. The highest BCUT2D eigenvalue weighted by molar-refractivity contribution is 5.73. The number of ether oxygens (including phenoxy) is 1. The number of para-hydroxylation sites is 1. The zero-order valence-corrected chi connectivity index (χ0v) is 15.8. The number of rotatable bonds is 1. The van der Waals surface area contributed by atoms with Gasteiger partial charge in [-0.1, -0.05) is 18.2 Å². The van der Waals surface area contributed by atoms with Crippen molar-refractivity contribution in [3.05, 3.63) is 36.2 Å². The van der Waals surface area contributed by atoms with Gasteiger partial charge in [0, 0.05) is 43.0 Å². The van der Waals surface area contributed by atoms with Crippen molar-refractivity contribution in [3.8, 4) is 16.9 Å².